The second-order valence-corrected chi connectivity index (χ2v) is 2.86. The quantitative estimate of drug-likeness (QED) is 0.524. The Kier molecular flexibility index (Phi) is 3.36. The predicted octanol–water partition coefficient (Wildman–Crippen LogP) is -0.282. The summed E-state index contributed by atoms with van der Waals surface area (Å²) in [4.78, 5) is 0. The van der Waals surface area contributed by atoms with Crippen LogP contribution in [0.1, 0.15) is 0 Å². The third-order valence-electron chi connectivity index (χ3n) is 0.739. The van der Waals surface area contributed by atoms with Gasteiger partial charge in [-0.1, -0.05) is 11.3 Å². The fraction of sp³-hybridized carbons (Fsp3) is 0.333. The molecule has 8 heteroatoms. The van der Waals surface area contributed by atoms with Crippen LogP contribution < -0.4 is 5.32 Å². The lowest BCUT2D eigenvalue weighted by Crippen LogP contribution is -2.07. The summed E-state index contributed by atoms with van der Waals surface area (Å²) in [6.07, 6.45) is 0. The van der Waals surface area contributed by atoms with Gasteiger partial charge < -0.3 is 9.87 Å². The Hall–Kier alpha value is -0.570. The van der Waals surface area contributed by atoms with Gasteiger partial charge in [-0.05, 0) is 0 Å². The van der Waals surface area contributed by atoms with Gasteiger partial charge in [0, 0.05) is 0 Å². The van der Waals surface area contributed by atoms with Gasteiger partial charge in [-0.3, -0.25) is 4.18 Å². The Morgan fingerprint density at radius 1 is 1.91 bits per heavy atom. The predicted molar refractivity (Wildman–Crippen MR) is 38.4 cm³/mol. The molecule has 0 aliphatic heterocycles. The highest BCUT2D eigenvalue weighted by Gasteiger charge is 1.92. The SMILES string of the molecule is O=S([O-])OCNc1nncs1. The molecule has 0 radical (unpaired) electrons. The Labute approximate surface area is 69.1 Å². The van der Waals surface area contributed by atoms with E-state index in [4.69, 9.17) is 0 Å². The Morgan fingerprint density at radius 2 is 2.73 bits per heavy atom. The Balaban J connectivity index is 2.19. The minimum absolute atomic E-state index is 0.120. The number of rotatable bonds is 4. The summed E-state index contributed by atoms with van der Waals surface area (Å²) in [6.45, 7) is -0.120. The van der Waals surface area contributed by atoms with Crippen LogP contribution in [-0.2, 0) is 15.5 Å². The molecule has 62 valence electrons. The van der Waals surface area contributed by atoms with E-state index in [2.05, 4.69) is 19.7 Å². The van der Waals surface area contributed by atoms with Crippen LogP contribution in [-0.4, -0.2) is 25.7 Å². The molecule has 1 aromatic rings. The zero-order chi connectivity index (χ0) is 8.10. The van der Waals surface area contributed by atoms with E-state index in [1.54, 1.807) is 0 Å². The number of hydrogen-bond acceptors (Lipinski definition) is 7. The van der Waals surface area contributed by atoms with E-state index in [9.17, 15) is 8.76 Å². The molecule has 0 saturated carbocycles. The van der Waals surface area contributed by atoms with E-state index in [0.717, 1.165) is 0 Å². The highest BCUT2D eigenvalue weighted by Crippen LogP contribution is 2.06. The first-order chi connectivity index (χ1) is 5.29. The largest absolute Gasteiger partial charge is 0.750 e. The van der Waals surface area contributed by atoms with Crippen LogP contribution >= 0.6 is 11.3 Å². The van der Waals surface area contributed by atoms with Crippen molar-refractivity contribution >= 4 is 27.8 Å². The minimum Gasteiger partial charge on any atom is -0.750 e. The van der Waals surface area contributed by atoms with Crippen LogP contribution in [0.3, 0.4) is 0 Å². The summed E-state index contributed by atoms with van der Waals surface area (Å²) in [5.41, 5.74) is 1.52. The summed E-state index contributed by atoms with van der Waals surface area (Å²) in [7, 11) is 0. The van der Waals surface area contributed by atoms with Crippen LogP contribution in [0.25, 0.3) is 0 Å². The average Bonchev–Trinajstić information content (AvgIpc) is 2.39. The lowest BCUT2D eigenvalue weighted by Gasteiger charge is -2.04. The Morgan fingerprint density at radius 3 is 3.27 bits per heavy atom. The fourth-order valence-electron chi connectivity index (χ4n) is 0.389. The number of nitrogens with zero attached hydrogens (tertiary/aromatic N) is 2. The van der Waals surface area contributed by atoms with Crippen molar-refractivity contribution in [1.29, 1.82) is 0 Å². The molecule has 0 aliphatic carbocycles. The maximum absolute atomic E-state index is 9.83. The van der Waals surface area contributed by atoms with E-state index >= 15 is 0 Å². The molecule has 0 fully saturated rings. The second-order valence-electron chi connectivity index (χ2n) is 1.39. The molecule has 1 rings (SSSR count). The van der Waals surface area contributed by atoms with Crippen LogP contribution in [0, 0.1) is 0 Å². The standard InChI is InChI=1S/C3H5N3O3S2/c7-11(8)9-1-4-3-6-5-2-10-3/h2H,1H2,(H,4,6)(H,7,8)/p-1. The van der Waals surface area contributed by atoms with Crippen molar-refractivity contribution in [2.24, 2.45) is 0 Å². The highest BCUT2D eigenvalue weighted by molar-refractivity contribution is 7.74. The molecule has 0 aliphatic rings. The third kappa shape index (κ3) is 3.37. The van der Waals surface area contributed by atoms with Crippen molar-refractivity contribution in [2.45, 2.75) is 0 Å². The molecule has 1 unspecified atom stereocenters. The van der Waals surface area contributed by atoms with Crippen LogP contribution in [0.4, 0.5) is 5.13 Å². The first-order valence-corrected chi connectivity index (χ1v) is 4.39. The number of nitrogens with one attached hydrogen (secondary N) is 1. The smallest absolute Gasteiger partial charge is 0.207 e. The van der Waals surface area contributed by atoms with Gasteiger partial charge in [0.25, 0.3) is 0 Å². The van der Waals surface area contributed by atoms with Crippen molar-refractivity contribution in [3.05, 3.63) is 5.51 Å². The van der Waals surface area contributed by atoms with E-state index in [0.29, 0.717) is 5.13 Å². The molecule has 0 bridgehead atoms. The summed E-state index contributed by atoms with van der Waals surface area (Å²) in [5, 5.41) is 10.2. The monoisotopic (exact) mass is 194 g/mol. The summed E-state index contributed by atoms with van der Waals surface area (Å²) in [5.74, 6) is 0. The molecule has 6 nitrogen and oxygen atoms in total. The third-order valence-corrected chi connectivity index (χ3v) is 1.70. The van der Waals surface area contributed by atoms with Crippen molar-refractivity contribution in [3.63, 3.8) is 0 Å². The molecule has 1 heterocycles. The van der Waals surface area contributed by atoms with Gasteiger partial charge >= 0.3 is 0 Å². The second kappa shape index (κ2) is 4.34. The van der Waals surface area contributed by atoms with Crippen molar-refractivity contribution in [2.75, 3.05) is 12.0 Å². The van der Waals surface area contributed by atoms with Gasteiger partial charge in [0.1, 0.15) is 12.2 Å². The van der Waals surface area contributed by atoms with Crippen LogP contribution in [0.2, 0.25) is 0 Å². The van der Waals surface area contributed by atoms with Crippen LogP contribution in [0.5, 0.6) is 0 Å². The first-order valence-electron chi connectivity index (χ1n) is 2.51. The summed E-state index contributed by atoms with van der Waals surface area (Å²) < 4.78 is 23.8. The molecule has 0 amide bonds. The molecule has 1 aromatic heterocycles. The normalized spacial score (nSPS) is 12.8. The first kappa shape index (κ1) is 8.53. The van der Waals surface area contributed by atoms with Crippen molar-refractivity contribution in [3.8, 4) is 0 Å². The maximum atomic E-state index is 9.83. The van der Waals surface area contributed by atoms with Crippen molar-refractivity contribution in [1.82, 2.24) is 10.2 Å². The molecule has 0 saturated heterocycles. The van der Waals surface area contributed by atoms with Crippen LogP contribution in [0.15, 0.2) is 5.51 Å². The lowest BCUT2D eigenvalue weighted by molar-refractivity contribution is 0.322. The molecule has 0 aromatic carbocycles. The topological polar surface area (TPSA) is 87.2 Å². The molecular weight excluding hydrogens is 190 g/mol. The van der Waals surface area contributed by atoms with Gasteiger partial charge in [-0.2, -0.15) is 0 Å². The van der Waals surface area contributed by atoms with E-state index < -0.39 is 11.4 Å². The van der Waals surface area contributed by atoms with Gasteiger partial charge in [0.15, 0.2) is 0 Å². The summed E-state index contributed by atoms with van der Waals surface area (Å²) in [6, 6.07) is 0. The highest BCUT2D eigenvalue weighted by atomic mass is 32.2. The summed E-state index contributed by atoms with van der Waals surface area (Å²) >= 11 is -1.22. The van der Waals surface area contributed by atoms with Gasteiger partial charge in [0.05, 0.1) is 11.4 Å². The average molecular weight is 194 g/mol. The molecule has 1 atom stereocenters. The molecule has 1 N–H and O–H groups in total. The number of aromatic nitrogens is 2. The van der Waals surface area contributed by atoms with E-state index in [1.807, 2.05) is 0 Å². The minimum atomic E-state index is -2.48. The zero-order valence-electron chi connectivity index (χ0n) is 5.22. The van der Waals surface area contributed by atoms with E-state index in [-0.39, 0.29) is 6.73 Å². The fourth-order valence-corrected chi connectivity index (χ4v) is 0.975. The Bertz CT molecular complexity index is 226. The van der Waals surface area contributed by atoms with Gasteiger partial charge in [-0.25, -0.2) is 4.21 Å². The number of anilines is 1. The molecule has 11 heavy (non-hydrogen) atoms. The lowest BCUT2D eigenvalue weighted by atomic mass is 11.1. The molecular formula is C3H4N3O3S2-. The van der Waals surface area contributed by atoms with Crippen molar-refractivity contribution < 1.29 is 12.9 Å². The van der Waals surface area contributed by atoms with Gasteiger partial charge in [-0.15, -0.1) is 10.2 Å². The molecule has 0 spiro atoms. The maximum Gasteiger partial charge on any atom is 0.207 e. The van der Waals surface area contributed by atoms with Gasteiger partial charge in [0.2, 0.25) is 5.13 Å². The number of hydrogen-bond donors (Lipinski definition) is 1. The zero-order valence-corrected chi connectivity index (χ0v) is 6.85. The van der Waals surface area contributed by atoms with E-state index in [1.165, 1.54) is 16.8 Å².